The Kier molecular flexibility index (Phi) is 6.39. The van der Waals surface area contributed by atoms with E-state index in [0.29, 0.717) is 0 Å². The molecule has 0 amide bonds. The topological polar surface area (TPSA) is 61.4 Å². The molecule has 0 bridgehead atoms. The van der Waals surface area contributed by atoms with Crippen molar-refractivity contribution < 1.29 is 9.90 Å². The molecule has 3 N–H and O–H groups in total. The number of rotatable bonds is 4. The molecular formula is C5H8N2O2S4. The van der Waals surface area contributed by atoms with Gasteiger partial charge in [0, 0.05) is 6.54 Å². The number of thiol groups is 2. The normalized spacial score (nSPS) is 11.5. The van der Waals surface area contributed by atoms with Crippen molar-refractivity contribution in [2.24, 2.45) is 0 Å². The van der Waals surface area contributed by atoms with Crippen LogP contribution in [0.5, 0.6) is 0 Å². The van der Waals surface area contributed by atoms with E-state index in [2.05, 4.69) is 60.3 Å². The minimum atomic E-state index is -1.03. The number of aliphatic carboxylic acids is 1. The molecule has 0 heterocycles. The second-order valence-corrected chi connectivity index (χ2v) is 4.34. The average molecular weight is 256 g/mol. The van der Waals surface area contributed by atoms with Gasteiger partial charge in [0.05, 0.1) is 0 Å². The van der Waals surface area contributed by atoms with E-state index in [1.165, 1.54) is 0 Å². The van der Waals surface area contributed by atoms with E-state index in [0.717, 1.165) is 0 Å². The van der Waals surface area contributed by atoms with Crippen molar-refractivity contribution in [2.45, 2.75) is 6.04 Å². The van der Waals surface area contributed by atoms with Gasteiger partial charge in [-0.15, -0.1) is 25.3 Å². The molecule has 0 spiro atoms. The summed E-state index contributed by atoms with van der Waals surface area (Å²) in [5.74, 6) is -1.03. The van der Waals surface area contributed by atoms with Gasteiger partial charge in [-0.3, -0.25) is 0 Å². The Labute approximate surface area is 97.3 Å². The third-order valence-corrected chi connectivity index (χ3v) is 1.60. The number of hydrogen-bond acceptors (Lipinski definition) is 3. The lowest BCUT2D eigenvalue weighted by Gasteiger charge is -2.14. The van der Waals surface area contributed by atoms with Crippen molar-refractivity contribution >= 4 is 64.3 Å². The molecule has 0 aromatic carbocycles. The molecule has 1 atom stereocenters. The van der Waals surface area contributed by atoms with Crippen LogP contribution < -0.4 is 10.6 Å². The highest BCUT2D eigenvalue weighted by molar-refractivity contribution is 8.11. The van der Waals surface area contributed by atoms with E-state index >= 15 is 0 Å². The molecule has 0 aliphatic carbocycles. The van der Waals surface area contributed by atoms with Crippen molar-refractivity contribution in [1.82, 2.24) is 10.6 Å². The van der Waals surface area contributed by atoms with Crippen LogP contribution in [0.15, 0.2) is 0 Å². The zero-order valence-corrected chi connectivity index (χ0v) is 9.77. The van der Waals surface area contributed by atoms with Crippen molar-refractivity contribution in [3.63, 3.8) is 0 Å². The quantitative estimate of drug-likeness (QED) is 0.362. The summed E-state index contributed by atoms with van der Waals surface area (Å²) in [4.78, 5) is 10.6. The molecule has 0 aliphatic heterocycles. The third-order valence-electron chi connectivity index (χ3n) is 1.05. The van der Waals surface area contributed by atoms with Crippen molar-refractivity contribution in [1.29, 1.82) is 0 Å². The Balaban J connectivity index is 4.02. The largest absolute Gasteiger partial charge is 0.480 e. The molecule has 0 fully saturated rings. The lowest BCUT2D eigenvalue weighted by molar-refractivity contribution is -0.138. The van der Waals surface area contributed by atoms with Crippen LogP contribution in [0, 0.1) is 0 Å². The summed E-state index contributed by atoms with van der Waals surface area (Å²) in [5.41, 5.74) is 0. The maximum atomic E-state index is 10.6. The van der Waals surface area contributed by atoms with Gasteiger partial charge in [0.2, 0.25) is 0 Å². The first kappa shape index (κ1) is 12.9. The molecule has 0 aromatic heterocycles. The van der Waals surface area contributed by atoms with E-state index in [1.807, 2.05) is 0 Å². The number of nitrogens with one attached hydrogen (secondary N) is 2. The highest BCUT2D eigenvalue weighted by Gasteiger charge is 2.16. The first-order valence-corrected chi connectivity index (χ1v) is 4.83. The van der Waals surface area contributed by atoms with Gasteiger partial charge in [-0.1, -0.05) is 24.4 Å². The molecular weight excluding hydrogens is 248 g/mol. The summed E-state index contributed by atoms with van der Waals surface area (Å²) in [6.07, 6.45) is 0. The van der Waals surface area contributed by atoms with Crippen molar-refractivity contribution in [3.8, 4) is 0 Å². The summed E-state index contributed by atoms with van der Waals surface area (Å²) in [6.45, 7) is 0.109. The lowest BCUT2D eigenvalue weighted by atomic mass is 10.3. The second kappa shape index (κ2) is 6.41. The zero-order valence-electron chi connectivity index (χ0n) is 6.35. The summed E-state index contributed by atoms with van der Waals surface area (Å²) in [6, 6.07) is -0.852. The molecule has 4 nitrogen and oxygen atoms in total. The van der Waals surface area contributed by atoms with Gasteiger partial charge in [-0.05, 0) is 0 Å². The van der Waals surface area contributed by atoms with Crippen LogP contribution in [0.2, 0.25) is 0 Å². The number of carboxylic acid groups (broad SMARTS) is 1. The Bertz CT molecular complexity index is 233. The first-order chi connectivity index (χ1) is 5.93. The zero-order chi connectivity index (χ0) is 10.4. The van der Waals surface area contributed by atoms with E-state index < -0.39 is 12.0 Å². The average Bonchev–Trinajstić information content (AvgIpc) is 1.96. The molecule has 13 heavy (non-hydrogen) atoms. The Morgan fingerprint density at radius 3 is 2.23 bits per heavy atom. The van der Waals surface area contributed by atoms with Crippen LogP contribution in [0.25, 0.3) is 0 Å². The lowest BCUT2D eigenvalue weighted by Crippen LogP contribution is -2.46. The highest BCUT2D eigenvalue weighted by Crippen LogP contribution is 1.88. The van der Waals surface area contributed by atoms with Gasteiger partial charge in [-0.2, -0.15) is 0 Å². The van der Waals surface area contributed by atoms with Gasteiger partial charge in [0.15, 0.2) is 0 Å². The van der Waals surface area contributed by atoms with Crippen LogP contribution in [-0.4, -0.2) is 32.3 Å². The van der Waals surface area contributed by atoms with Crippen LogP contribution in [0.3, 0.4) is 0 Å². The van der Waals surface area contributed by atoms with Crippen LogP contribution in [0.4, 0.5) is 0 Å². The predicted octanol–water partition coefficient (Wildman–Crippen LogP) is 0.0482. The van der Waals surface area contributed by atoms with Crippen molar-refractivity contribution in [3.05, 3.63) is 0 Å². The molecule has 0 unspecified atom stereocenters. The van der Waals surface area contributed by atoms with Gasteiger partial charge in [0.25, 0.3) is 0 Å². The van der Waals surface area contributed by atoms with Gasteiger partial charge < -0.3 is 15.7 Å². The molecule has 0 saturated carbocycles. The van der Waals surface area contributed by atoms with Crippen LogP contribution in [0.1, 0.15) is 0 Å². The first-order valence-electron chi connectivity index (χ1n) is 3.12. The standard InChI is InChI=1S/C5H8N2O2S4/c8-3(9)2(7-5(12)13)1-6-4(10)11/h2H,1H2,(H,8,9)(H2,6,10,11)(H2,7,12,13)/t2-/m0/s1. The maximum Gasteiger partial charge on any atom is 0.328 e. The van der Waals surface area contributed by atoms with Gasteiger partial charge in [-0.25, -0.2) is 4.79 Å². The molecule has 74 valence electrons. The fourth-order valence-electron chi connectivity index (χ4n) is 0.538. The fraction of sp³-hybridized carbons (Fsp3) is 0.400. The minimum absolute atomic E-state index is 0.109. The predicted molar refractivity (Wildman–Crippen MR) is 65.7 cm³/mol. The minimum Gasteiger partial charge on any atom is -0.480 e. The Morgan fingerprint density at radius 2 is 1.92 bits per heavy atom. The summed E-state index contributed by atoms with van der Waals surface area (Å²) >= 11 is 16.7. The molecule has 0 aromatic rings. The molecule has 0 radical (unpaired) electrons. The van der Waals surface area contributed by atoms with E-state index in [1.54, 1.807) is 0 Å². The number of thiocarbonyl (C=S) groups is 2. The fourth-order valence-corrected chi connectivity index (χ4v) is 1.01. The van der Waals surface area contributed by atoms with Crippen molar-refractivity contribution in [2.75, 3.05) is 6.54 Å². The summed E-state index contributed by atoms with van der Waals surface area (Å²) in [7, 11) is 0. The molecule has 0 aliphatic rings. The Hall–Kier alpha value is -0.0500. The van der Waals surface area contributed by atoms with Gasteiger partial charge in [0.1, 0.15) is 14.7 Å². The number of carbonyl (C=O) groups is 1. The van der Waals surface area contributed by atoms with Crippen LogP contribution in [-0.2, 0) is 4.79 Å². The molecule has 0 saturated heterocycles. The SMILES string of the molecule is O=C(O)[C@H](CNC(=S)S)NC(=S)S. The number of carboxylic acids is 1. The maximum absolute atomic E-state index is 10.6. The third kappa shape index (κ3) is 7.05. The number of hydrogen-bond donors (Lipinski definition) is 5. The van der Waals surface area contributed by atoms with Gasteiger partial charge >= 0.3 is 5.97 Å². The second-order valence-electron chi connectivity index (χ2n) is 2.03. The summed E-state index contributed by atoms with van der Waals surface area (Å²) < 4.78 is 0.359. The summed E-state index contributed by atoms with van der Waals surface area (Å²) in [5, 5.41) is 13.7. The molecule has 8 heteroatoms. The Morgan fingerprint density at radius 1 is 1.38 bits per heavy atom. The van der Waals surface area contributed by atoms with E-state index in [9.17, 15) is 4.79 Å². The van der Waals surface area contributed by atoms with Crippen LogP contribution >= 0.6 is 49.7 Å². The highest BCUT2D eigenvalue weighted by atomic mass is 32.1. The smallest absolute Gasteiger partial charge is 0.328 e. The van der Waals surface area contributed by atoms with E-state index in [4.69, 9.17) is 5.11 Å². The monoisotopic (exact) mass is 256 g/mol. The van der Waals surface area contributed by atoms with E-state index in [-0.39, 0.29) is 15.2 Å². The molecule has 0 rings (SSSR count).